The zero-order chi connectivity index (χ0) is 23.6. The lowest BCUT2D eigenvalue weighted by Gasteiger charge is -2.31. The van der Waals surface area contributed by atoms with Crippen LogP contribution in [0.15, 0.2) is 53.1 Å². The van der Waals surface area contributed by atoms with E-state index in [-0.39, 0.29) is 12.2 Å². The Hall–Kier alpha value is -3.00. The van der Waals surface area contributed by atoms with Crippen molar-refractivity contribution in [3.63, 3.8) is 0 Å². The van der Waals surface area contributed by atoms with Gasteiger partial charge in [-0.05, 0) is 85.1 Å². The summed E-state index contributed by atoms with van der Waals surface area (Å²) in [6.07, 6.45) is 2.82. The average molecular weight is 503 g/mol. The lowest BCUT2D eigenvalue weighted by molar-refractivity contribution is -0.116. The van der Waals surface area contributed by atoms with E-state index in [0.29, 0.717) is 26.9 Å². The molecule has 8 heteroatoms. The number of allylic oxidation sites excluding steroid dienone is 1. The van der Waals surface area contributed by atoms with Gasteiger partial charge in [-0.15, -0.1) is 0 Å². The van der Waals surface area contributed by atoms with Gasteiger partial charge >= 0.3 is 12.0 Å². The van der Waals surface area contributed by atoms with Crippen LogP contribution >= 0.6 is 15.9 Å². The Morgan fingerprint density at radius 1 is 1.19 bits per heavy atom. The molecule has 1 aliphatic rings. The maximum absolute atomic E-state index is 13.3. The van der Waals surface area contributed by atoms with E-state index in [2.05, 4.69) is 21.2 Å². The Bertz CT molecular complexity index is 1090. The lowest BCUT2D eigenvalue weighted by Crippen LogP contribution is -2.37. The number of ketones is 1. The number of ether oxygens (including phenoxy) is 1. The summed E-state index contributed by atoms with van der Waals surface area (Å²) in [7, 11) is 0. The number of rotatable bonds is 3. The second kappa shape index (κ2) is 9.24. The number of carbonyl (C=O) groups excluding carboxylic acids is 3. The molecule has 32 heavy (non-hydrogen) atoms. The normalized spacial score (nSPS) is 16.1. The zero-order valence-electron chi connectivity index (χ0n) is 18.2. The van der Waals surface area contributed by atoms with E-state index in [1.165, 1.54) is 29.3 Å². The Labute approximate surface area is 194 Å². The third-order valence-corrected chi connectivity index (χ3v) is 5.47. The van der Waals surface area contributed by atoms with Crippen LogP contribution in [0.2, 0.25) is 0 Å². The van der Waals surface area contributed by atoms with E-state index in [1.807, 2.05) is 0 Å². The number of urea groups is 1. The summed E-state index contributed by atoms with van der Waals surface area (Å²) < 4.78 is 19.4. The number of hydrogen-bond acceptors (Lipinski definition) is 4. The molecule has 0 saturated carbocycles. The van der Waals surface area contributed by atoms with Crippen LogP contribution in [0.3, 0.4) is 0 Å². The van der Waals surface area contributed by atoms with Crippen LogP contribution in [0.4, 0.5) is 14.9 Å². The first-order chi connectivity index (χ1) is 14.9. The monoisotopic (exact) mass is 502 g/mol. The highest BCUT2D eigenvalue weighted by molar-refractivity contribution is 9.10. The molecule has 2 amide bonds. The summed E-state index contributed by atoms with van der Waals surface area (Å²) in [6.45, 7) is 7.11. The van der Waals surface area contributed by atoms with Gasteiger partial charge in [-0.1, -0.05) is 12.1 Å². The number of hydrogen-bond donors (Lipinski definition) is 1. The highest BCUT2D eigenvalue weighted by atomic mass is 79.9. The number of anilines is 1. The molecule has 0 saturated heterocycles. The fourth-order valence-corrected chi connectivity index (χ4v) is 3.86. The van der Waals surface area contributed by atoms with Crippen LogP contribution in [0, 0.1) is 12.7 Å². The molecular formula is C24H24BrFN2O4. The molecule has 3 rings (SSSR count). The van der Waals surface area contributed by atoms with E-state index < -0.39 is 29.5 Å². The third kappa shape index (κ3) is 5.62. The molecule has 2 aromatic rings. The van der Waals surface area contributed by atoms with Crippen LogP contribution in [0.25, 0.3) is 0 Å². The molecule has 0 spiro atoms. The lowest BCUT2D eigenvalue weighted by atomic mass is 9.97. The highest BCUT2D eigenvalue weighted by Crippen LogP contribution is 2.32. The zero-order valence-corrected chi connectivity index (χ0v) is 19.8. The molecule has 1 heterocycles. The summed E-state index contributed by atoms with van der Waals surface area (Å²) in [4.78, 5) is 39.1. The maximum Gasteiger partial charge on any atom is 0.338 e. The van der Waals surface area contributed by atoms with Crippen molar-refractivity contribution in [1.82, 2.24) is 4.90 Å². The van der Waals surface area contributed by atoms with Crippen molar-refractivity contribution < 1.29 is 23.5 Å². The predicted molar refractivity (Wildman–Crippen MR) is 123 cm³/mol. The Balaban J connectivity index is 1.88. The van der Waals surface area contributed by atoms with Gasteiger partial charge in [0.15, 0.2) is 5.78 Å². The summed E-state index contributed by atoms with van der Waals surface area (Å²) >= 11 is 3.42. The van der Waals surface area contributed by atoms with Crippen molar-refractivity contribution in [3.8, 4) is 0 Å². The highest BCUT2D eigenvalue weighted by Gasteiger charge is 2.29. The first-order valence-electron chi connectivity index (χ1n) is 10.0. The molecule has 1 N–H and O–H groups in total. The Kier molecular flexibility index (Phi) is 6.83. The first kappa shape index (κ1) is 23.7. The molecule has 1 atom stereocenters. The van der Waals surface area contributed by atoms with Gasteiger partial charge in [0.05, 0.1) is 17.3 Å². The Morgan fingerprint density at radius 2 is 1.84 bits per heavy atom. The predicted octanol–water partition coefficient (Wildman–Crippen LogP) is 5.91. The number of halogens is 2. The molecule has 6 nitrogen and oxygen atoms in total. The number of aryl methyl sites for hydroxylation is 1. The summed E-state index contributed by atoms with van der Waals surface area (Å²) in [5.41, 5.74) is 1.38. The molecule has 168 valence electrons. The summed E-state index contributed by atoms with van der Waals surface area (Å²) in [5.74, 6) is -1.03. The first-order valence-corrected chi connectivity index (χ1v) is 10.8. The molecule has 1 aliphatic heterocycles. The van der Waals surface area contributed by atoms with E-state index in [0.717, 1.165) is 0 Å². The van der Waals surface area contributed by atoms with Gasteiger partial charge < -0.3 is 10.1 Å². The quantitative estimate of drug-likeness (QED) is 0.529. The Morgan fingerprint density at radius 3 is 2.47 bits per heavy atom. The molecule has 0 bridgehead atoms. The van der Waals surface area contributed by atoms with Crippen molar-refractivity contribution in [3.05, 3.63) is 75.7 Å². The van der Waals surface area contributed by atoms with Crippen molar-refractivity contribution in [2.45, 2.75) is 45.8 Å². The van der Waals surface area contributed by atoms with Crippen molar-refractivity contribution in [2.75, 3.05) is 5.32 Å². The van der Waals surface area contributed by atoms with E-state index in [1.54, 1.807) is 52.0 Å². The SMILES string of the molecule is Cc1cc(Br)c(NC(=O)N2C=CC(=O)CC2c2ccc(F)cc2)cc1C(=O)OC(C)(C)C. The molecule has 0 aliphatic carbocycles. The topological polar surface area (TPSA) is 75.7 Å². The van der Waals surface area contributed by atoms with Crippen LogP contribution in [-0.2, 0) is 9.53 Å². The van der Waals surface area contributed by atoms with Crippen LogP contribution in [-0.4, -0.2) is 28.3 Å². The van der Waals surface area contributed by atoms with Gasteiger partial charge in [-0.25, -0.2) is 14.0 Å². The average Bonchev–Trinajstić information content (AvgIpc) is 2.69. The fraction of sp³-hybridized carbons (Fsp3) is 0.292. The van der Waals surface area contributed by atoms with Crippen molar-refractivity contribution >= 4 is 39.4 Å². The minimum absolute atomic E-state index is 0.0772. The molecule has 2 aromatic carbocycles. The molecular weight excluding hydrogens is 479 g/mol. The van der Waals surface area contributed by atoms with Gasteiger partial charge in [0.1, 0.15) is 11.4 Å². The van der Waals surface area contributed by atoms with Gasteiger partial charge in [-0.3, -0.25) is 9.69 Å². The number of carbonyl (C=O) groups is 3. The molecule has 0 radical (unpaired) electrons. The number of nitrogens with one attached hydrogen (secondary N) is 1. The second-order valence-corrected chi connectivity index (χ2v) is 9.39. The largest absolute Gasteiger partial charge is 0.456 e. The van der Waals surface area contributed by atoms with E-state index in [9.17, 15) is 18.8 Å². The van der Waals surface area contributed by atoms with Gasteiger partial charge in [0.25, 0.3) is 0 Å². The minimum Gasteiger partial charge on any atom is -0.456 e. The van der Waals surface area contributed by atoms with Crippen LogP contribution < -0.4 is 5.32 Å². The summed E-state index contributed by atoms with van der Waals surface area (Å²) in [5, 5.41) is 2.79. The molecule has 0 fully saturated rings. The number of amides is 2. The van der Waals surface area contributed by atoms with E-state index >= 15 is 0 Å². The number of esters is 1. The number of benzene rings is 2. The smallest absolute Gasteiger partial charge is 0.338 e. The van der Waals surface area contributed by atoms with E-state index in [4.69, 9.17) is 4.74 Å². The van der Waals surface area contributed by atoms with Crippen molar-refractivity contribution in [1.29, 1.82) is 0 Å². The van der Waals surface area contributed by atoms with Crippen LogP contribution in [0.1, 0.15) is 54.7 Å². The van der Waals surface area contributed by atoms with Crippen LogP contribution in [0.5, 0.6) is 0 Å². The standard InChI is InChI=1S/C24H24BrFN2O4/c1-14-11-19(25)20(13-18(14)22(30)32-24(2,3)4)27-23(31)28-10-9-17(29)12-21(28)15-5-7-16(26)8-6-15/h5-11,13,21H,12H2,1-4H3,(H,27,31). The fourth-order valence-electron chi connectivity index (χ4n) is 3.30. The molecule has 1 unspecified atom stereocenters. The van der Waals surface area contributed by atoms with Crippen molar-refractivity contribution in [2.24, 2.45) is 0 Å². The van der Waals surface area contributed by atoms with Gasteiger partial charge in [0.2, 0.25) is 0 Å². The molecule has 0 aromatic heterocycles. The maximum atomic E-state index is 13.3. The third-order valence-electron chi connectivity index (χ3n) is 4.82. The van der Waals surface area contributed by atoms with Gasteiger partial charge in [0, 0.05) is 17.1 Å². The minimum atomic E-state index is -0.659. The van der Waals surface area contributed by atoms with Gasteiger partial charge in [-0.2, -0.15) is 0 Å². The summed E-state index contributed by atoms with van der Waals surface area (Å²) in [6, 6.07) is 7.88. The second-order valence-electron chi connectivity index (χ2n) is 8.54. The number of nitrogens with zero attached hydrogens (tertiary/aromatic N) is 1.